The van der Waals surface area contributed by atoms with E-state index in [1.54, 1.807) is 29.2 Å². The number of nitrogens with zero attached hydrogens (tertiary/aromatic N) is 1. The summed E-state index contributed by atoms with van der Waals surface area (Å²) in [4.78, 5) is 27.5. The van der Waals surface area contributed by atoms with E-state index in [0.29, 0.717) is 30.9 Å². The van der Waals surface area contributed by atoms with Crippen LogP contribution in [0, 0.1) is 12.7 Å². The van der Waals surface area contributed by atoms with Gasteiger partial charge in [-0.1, -0.05) is 46.3 Å². The Morgan fingerprint density at radius 3 is 2.59 bits per heavy atom. The van der Waals surface area contributed by atoms with Crippen molar-refractivity contribution in [1.82, 2.24) is 4.90 Å². The molecule has 164 valence electrons. The minimum absolute atomic E-state index is 0.0471. The number of amides is 2. The van der Waals surface area contributed by atoms with Gasteiger partial charge in [-0.25, -0.2) is 4.39 Å². The number of anilines is 1. The molecule has 2 amide bonds. The number of halogens is 2. The number of ether oxygens (including phenoxy) is 1. The number of rotatable bonds is 4. The molecule has 1 aliphatic rings. The number of carbonyl (C=O) groups excluding carboxylic acids is 2. The minimum Gasteiger partial charge on any atom is -0.370 e. The van der Waals surface area contributed by atoms with E-state index in [1.165, 1.54) is 18.2 Å². The molecule has 7 heteroatoms. The molecule has 1 saturated heterocycles. The zero-order valence-electron chi connectivity index (χ0n) is 17.5. The summed E-state index contributed by atoms with van der Waals surface area (Å²) in [5.41, 5.74) is 2.67. The van der Waals surface area contributed by atoms with E-state index in [1.807, 2.05) is 31.2 Å². The van der Waals surface area contributed by atoms with Gasteiger partial charge in [-0.15, -0.1) is 0 Å². The lowest BCUT2D eigenvalue weighted by molar-refractivity contribution is -0.0228. The van der Waals surface area contributed by atoms with Crippen molar-refractivity contribution in [3.63, 3.8) is 0 Å². The van der Waals surface area contributed by atoms with Gasteiger partial charge >= 0.3 is 0 Å². The highest BCUT2D eigenvalue weighted by atomic mass is 79.9. The molecule has 1 unspecified atom stereocenters. The van der Waals surface area contributed by atoms with Crippen molar-refractivity contribution in [1.29, 1.82) is 0 Å². The van der Waals surface area contributed by atoms with Crippen LogP contribution in [0.4, 0.5) is 10.1 Å². The maximum absolute atomic E-state index is 14.0. The van der Waals surface area contributed by atoms with Crippen LogP contribution in [0.2, 0.25) is 0 Å². The molecule has 1 N–H and O–H groups in total. The summed E-state index contributed by atoms with van der Waals surface area (Å²) in [6, 6.07) is 18.8. The third-order valence-corrected chi connectivity index (χ3v) is 5.98. The molecule has 4 rings (SSSR count). The Balaban J connectivity index is 1.51. The molecule has 1 aliphatic heterocycles. The Morgan fingerprint density at radius 2 is 1.84 bits per heavy atom. The van der Waals surface area contributed by atoms with Crippen LogP contribution >= 0.6 is 15.9 Å². The van der Waals surface area contributed by atoms with Gasteiger partial charge in [0, 0.05) is 22.3 Å². The molecule has 0 spiro atoms. The van der Waals surface area contributed by atoms with Crippen LogP contribution in [0.25, 0.3) is 0 Å². The van der Waals surface area contributed by atoms with Crippen LogP contribution in [0.3, 0.4) is 0 Å². The van der Waals surface area contributed by atoms with Gasteiger partial charge in [-0.3, -0.25) is 9.59 Å². The Kier molecular flexibility index (Phi) is 6.67. The summed E-state index contributed by atoms with van der Waals surface area (Å²) in [5, 5.41) is 2.73. The SMILES string of the molecule is Cc1ccc(C(=O)N2CCOC(c3ccc(Br)cc3)C2)cc1NC(=O)c1ccccc1F. The quantitative estimate of drug-likeness (QED) is 0.528. The number of benzene rings is 3. The van der Waals surface area contributed by atoms with Gasteiger partial charge in [-0.2, -0.15) is 0 Å². The summed E-state index contributed by atoms with van der Waals surface area (Å²) in [6.45, 7) is 3.18. The van der Waals surface area contributed by atoms with Crippen LogP contribution in [0.1, 0.15) is 37.9 Å². The van der Waals surface area contributed by atoms with E-state index < -0.39 is 11.7 Å². The van der Waals surface area contributed by atoms with Gasteiger partial charge < -0.3 is 15.0 Å². The molecule has 3 aromatic carbocycles. The zero-order chi connectivity index (χ0) is 22.7. The molecule has 1 heterocycles. The average molecular weight is 497 g/mol. The number of carbonyl (C=O) groups is 2. The lowest BCUT2D eigenvalue weighted by Crippen LogP contribution is -2.42. The Bertz CT molecular complexity index is 1150. The lowest BCUT2D eigenvalue weighted by Gasteiger charge is -2.33. The lowest BCUT2D eigenvalue weighted by atomic mass is 10.1. The summed E-state index contributed by atoms with van der Waals surface area (Å²) < 4.78 is 20.8. The minimum atomic E-state index is -0.595. The van der Waals surface area contributed by atoms with Crippen molar-refractivity contribution in [3.8, 4) is 0 Å². The predicted octanol–water partition coefficient (Wildman–Crippen LogP) is 5.36. The fourth-order valence-corrected chi connectivity index (χ4v) is 3.88. The maximum atomic E-state index is 14.0. The fourth-order valence-electron chi connectivity index (χ4n) is 3.62. The average Bonchev–Trinajstić information content (AvgIpc) is 2.81. The molecule has 5 nitrogen and oxygen atoms in total. The van der Waals surface area contributed by atoms with Crippen LogP contribution in [0.5, 0.6) is 0 Å². The zero-order valence-corrected chi connectivity index (χ0v) is 19.1. The number of hydrogen-bond donors (Lipinski definition) is 1. The first-order valence-corrected chi connectivity index (χ1v) is 11.0. The second kappa shape index (κ2) is 9.63. The largest absolute Gasteiger partial charge is 0.370 e. The van der Waals surface area contributed by atoms with Crippen molar-refractivity contribution in [2.75, 3.05) is 25.0 Å². The molecular formula is C25H22BrFN2O3. The standard InChI is InChI=1S/C25H22BrFN2O3/c1-16-6-7-18(14-22(16)28-24(30)20-4-2-3-5-21(20)27)25(31)29-12-13-32-23(15-29)17-8-10-19(26)11-9-17/h2-11,14,23H,12-13,15H2,1H3,(H,28,30). The highest BCUT2D eigenvalue weighted by Crippen LogP contribution is 2.26. The highest BCUT2D eigenvalue weighted by Gasteiger charge is 2.26. The maximum Gasteiger partial charge on any atom is 0.258 e. The van der Waals surface area contributed by atoms with E-state index in [-0.39, 0.29) is 17.6 Å². The van der Waals surface area contributed by atoms with E-state index in [0.717, 1.165) is 15.6 Å². The smallest absolute Gasteiger partial charge is 0.258 e. The van der Waals surface area contributed by atoms with Crippen LogP contribution < -0.4 is 5.32 Å². The van der Waals surface area contributed by atoms with E-state index in [4.69, 9.17) is 4.74 Å². The van der Waals surface area contributed by atoms with Crippen LogP contribution in [-0.2, 0) is 4.74 Å². The van der Waals surface area contributed by atoms with Crippen molar-refractivity contribution < 1.29 is 18.7 Å². The van der Waals surface area contributed by atoms with E-state index >= 15 is 0 Å². The molecular weight excluding hydrogens is 475 g/mol. The molecule has 32 heavy (non-hydrogen) atoms. The molecule has 0 bridgehead atoms. The third kappa shape index (κ3) is 4.89. The summed E-state index contributed by atoms with van der Waals surface area (Å²) >= 11 is 3.43. The topological polar surface area (TPSA) is 58.6 Å². The van der Waals surface area contributed by atoms with Crippen molar-refractivity contribution >= 4 is 33.4 Å². The number of aryl methyl sites for hydroxylation is 1. The van der Waals surface area contributed by atoms with Gasteiger partial charge in [-0.05, 0) is 54.4 Å². The molecule has 1 fully saturated rings. The molecule has 0 aliphatic carbocycles. The molecule has 0 saturated carbocycles. The van der Waals surface area contributed by atoms with E-state index in [9.17, 15) is 14.0 Å². The van der Waals surface area contributed by atoms with Gasteiger partial charge in [0.25, 0.3) is 11.8 Å². The van der Waals surface area contributed by atoms with Crippen molar-refractivity contribution in [2.24, 2.45) is 0 Å². The van der Waals surface area contributed by atoms with Crippen LogP contribution in [0.15, 0.2) is 71.2 Å². The highest BCUT2D eigenvalue weighted by molar-refractivity contribution is 9.10. The van der Waals surface area contributed by atoms with E-state index in [2.05, 4.69) is 21.2 Å². The summed E-state index contributed by atoms with van der Waals surface area (Å²) in [6.07, 6.45) is -0.202. The third-order valence-electron chi connectivity index (χ3n) is 5.45. The van der Waals surface area contributed by atoms with Gasteiger partial charge in [0.15, 0.2) is 0 Å². The number of hydrogen-bond acceptors (Lipinski definition) is 3. The summed E-state index contributed by atoms with van der Waals surface area (Å²) in [7, 11) is 0. The van der Waals surface area contributed by atoms with Crippen molar-refractivity contribution in [3.05, 3.63) is 99.3 Å². The van der Waals surface area contributed by atoms with Gasteiger partial charge in [0.1, 0.15) is 11.9 Å². The van der Waals surface area contributed by atoms with Crippen molar-refractivity contribution in [2.45, 2.75) is 13.0 Å². The van der Waals surface area contributed by atoms with Gasteiger partial charge in [0.05, 0.1) is 18.7 Å². The Hall–Kier alpha value is -3.03. The Morgan fingerprint density at radius 1 is 1.09 bits per heavy atom. The second-order valence-corrected chi connectivity index (χ2v) is 8.54. The second-order valence-electron chi connectivity index (χ2n) is 7.63. The first kappa shape index (κ1) is 22.2. The summed E-state index contributed by atoms with van der Waals surface area (Å²) in [5.74, 6) is -1.29. The monoisotopic (exact) mass is 496 g/mol. The molecule has 0 aromatic heterocycles. The molecule has 1 atom stereocenters. The first-order valence-electron chi connectivity index (χ1n) is 10.3. The fraction of sp³-hybridized carbons (Fsp3) is 0.200. The number of nitrogens with one attached hydrogen (secondary N) is 1. The normalized spacial score (nSPS) is 16.0. The Labute approximate surface area is 194 Å². The van der Waals surface area contributed by atoms with Crippen LogP contribution in [-0.4, -0.2) is 36.4 Å². The predicted molar refractivity (Wildman–Crippen MR) is 124 cm³/mol. The molecule has 0 radical (unpaired) electrons. The van der Waals surface area contributed by atoms with Gasteiger partial charge in [0.2, 0.25) is 0 Å². The number of morpholine rings is 1. The molecule has 3 aromatic rings. The first-order chi connectivity index (χ1) is 15.4.